The second-order valence-corrected chi connectivity index (χ2v) is 4.50. The van der Waals surface area contributed by atoms with Crippen LogP contribution >= 0.6 is 0 Å². The number of para-hydroxylation sites is 1. The fraction of sp³-hybridized carbons (Fsp3) is 0. The Labute approximate surface area is 125 Å². The van der Waals surface area contributed by atoms with Gasteiger partial charge in [-0.1, -0.05) is 12.1 Å². The molecule has 0 saturated heterocycles. The van der Waals surface area contributed by atoms with Crippen molar-refractivity contribution in [3.63, 3.8) is 0 Å². The SMILES string of the molecule is N#Cc1ccccc1-n1nc(-c2cccnc2)cc1C(=O)O. The van der Waals surface area contributed by atoms with Gasteiger partial charge in [-0.3, -0.25) is 4.98 Å². The molecule has 6 heteroatoms. The van der Waals surface area contributed by atoms with Gasteiger partial charge in [-0.25, -0.2) is 9.48 Å². The van der Waals surface area contributed by atoms with E-state index in [9.17, 15) is 15.2 Å². The van der Waals surface area contributed by atoms with Gasteiger partial charge in [-0.15, -0.1) is 0 Å². The van der Waals surface area contributed by atoms with Crippen LogP contribution in [-0.2, 0) is 0 Å². The molecule has 3 aromatic rings. The van der Waals surface area contributed by atoms with E-state index in [1.165, 1.54) is 10.7 Å². The van der Waals surface area contributed by atoms with Crippen molar-refractivity contribution < 1.29 is 9.90 Å². The van der Waals surface area contributed by atoms with E-state index >= 15 is 0 Å². The molecule has 1 N–H and O–H groups in total. The van der Waals surface area contributed by atoms with Gasteiger partial charge in [0, 0.05) is 18.0 Å². The summed E-state index contributed by atoms with van der Waals surface area (Å²) in [7, 11) is 0. The number of rotatable bonds is 3. The number of hydrogen-bond acceptors (Lipinski definition) is 4. The van der Waals surface area contributed by atoms with Crippen LogP contribution in [-0.4, -0.2) is 25.8 Å². The van der Waals surface area contributed by atoms with E-state index in [0.29, 0.717) is 22.5 Å². The first-order valence-corrected chi connectivity index (χ1v) is 6.44. The first-order chi connectivity index (χ1) is 10.7. The van der Waals surface area contributed by atoms with Gasteiger partial charge in [0.2, 0.25) is 0 Å². The second kappa shape index (κ2) is 5.50. The third kappa shape index (κ3) is 2.31. The number of carbonyl (C=O) groups is 1. The van der Waals surface area contributed by atoms with Crippen molar-refractivity contribution in [3.05, 3.63) is 66.1 Å². The lowest BCUT2D eigenvalue weighted by atomic mass is 10.2. The summed E-state index contributed by atoms with van der Waals surface area (Å²) in [4.78, 5) is 15.5. The maximum absolute atomic E-state index is 11.5. The summed E-state index contributed by atoms with van der Waals surface area (Å²) in [5.74, 6) is -1.12. The predicted octanol–water partition coefficient (Wildman–Crippen LogP) is 2.50. The summed E-state index contributed by atoms with van der Waals surface area (Å²) in [5.41, 5.74) is 1.96. The molecule has 1 aromatic carbocycles. The highest BCUT2D eigenvalue weighted by molar-refractivity contribution is 5.88. The van der Waals surface area contributed by atoms with Gasteiger partial charge in [0.1, 0.15) is 6.07 Å². The van der Waals surface area contributed by atoms with Crippen LogP contribution in [0.3, 0.4) is 0 Å². The van der Waals surface area contributed by atoms with E-state index in [1.807, 2.05) is 6.07 Å². The monoisotopic (exact) mass is 290 g/mol. The number of aromatic nitrogens is 3. The van der Waals surface area contributed by atoms with Crippen molar-refractivity contribution in [1.29, 1.82) is 5.26 Å². The molecule has 0 bridgehead atoms. The second-order valence-electron chi connectivity index (χ2n) is 4.50. The molecule has 0 aliphatic heterocycles. The molecule has 0 radical (unpaired) electrons. The molecule has 0 amide bonds. The van der Waals surface area contributed by atoms with Crippen LogP contribution in [0.2, 0.25) is 0 Å². The number of nitriles is 1. The number of carboxylic acids is 1. The summed E-state index contributed by atoms with van der Waals surface area (Å²) in [5, 5.41) is 22.9. The van der Waals surface area contributed by atoms with Gasteiger partial charge in [-0.05, 0) is 30.3 Å². The molecule has 0 unspecified atom stereocenters. The van der Waals surface area contributed by atoms with Crippen molar-refractivity contribution in [2.45, 2.75) is 0 Å². The lowest BCUT2D eigenvalue weighted by molar-refractivity contribution is 0.0687. The van der Waals surface area contributed by atoms with Crippen LogP contribution in [0.25, 0.3) is 16.9 Å². The average Bonchev–Trinajstić information content (AvgIpc) is 3.01. The van der Waals surface area contributed by atoms with Crippen LogP contribution in [0.15, 0.2) is 54.9 Å². The smallest absolute Gasteiger partial charge is 0.354 e. The Kier molecular flexibility index (Phi) is 3.38. The summed E-state index contributed by atoms with van der Waals surface area (Å²) in [6.45, 7) is 0. The molecule has 2 aromatic heterocycles. The molecule has 0 spiro atoms. The zero-order valence-electron chi connectivity index (χ0n) is 11.3. The minimum atomic E-state index is -1.12. The Morgan fingerprint density at radius 2 is 2.05 bits per heavy atom. The minimum Gasteiger partial charge on any atom is -0.477 e. The summed E-state index contributed by atoms with van der Waals surface area (Å²) in [6.07, 6.45) is 3.23. The number of carboxylic acid groups (broad SMARTS) is 1. The third-order valence-electron chi connectivity index (χ3n) is 3.14. The number of benzene rings is 1. The maximum Gasteiger partial charge on any atom is 0.354 e. The van der Waals surface area contributed by atoms with Crippen molar-refractivity contribution in [2.24, 2.45) is 0 Å². The van der Waals surface area contributed by atoms with Crippen molar-refractivity contribution in [3.8, 4) is 23.0 Å². The van der Waals surface area contributed by atoms with E-state index in [0.717, 1.165) is 0 Å². The van der Waals surface area contributed by atoms with Crippen molar-refractivity contribution >= 4 is 5.97 Å². The minimum absolute atomic E-state index is 0.0125. The fourth-order valence-corrected chi connectivity index (χ4v) is 2.13. The summed E-state index contributed by atoms with van der Waals surface area (Å²) >= 11 is 0. The number of nitrogens with zero attached hydrogens (tertiary/aromatic N) is 4. The van der Waals surface area contributed by atoms with Crippen LogP contribution < -0.4 is 0 Å². The maximum atomic E-state index is 11.5. The molecule has 0 saturated carbocycles. The van der Waals surface area contributed by atoms with Gasteiger partial charge in [0.25, 0.3) is 0 Å². The van der Waals surface area contributed by atoms with Crippen molar-refractivity contribution in [2.75, 3.05) is 0 Å². The lowest BCUT2D eigenvalue weighted by Crippen LogP contribution is -2.09. The number of aromatic carboxylic acids is 1. The van der Waals surface area contributed by atoms with E-state index < -0.39 is 5.97 Å². The largest absolute Gasteiger partial charge is 0.477 e. The van der Waals surface area contributed by atoms with Crippen LogP contribution in [0.4, 0.5) is 0 Å². The van der Waals surface area contributed by atoms with Gasteiger partial charge < -0.3 is 5.11 Å². The van der Waals surface area contributed by atoms with Gasteiger partial charge >= 0.3 is 5.97 Å². The number of hydrogen-bond donors (Lipinski definition) is 1. The molecule has 0 aliphatic carbocycles. The normalized spacial score (nSPS) is 10.1. The molecule has 0 atom stereocenters. The standard InChI is InChI=1S/C16H10N4O2/c17-9-11-4-1-2-6-14(11)20-15(16(21)22)8-13(19-20)12-5-3-7-18-10-12/h1-8,10H,(H,21,22). The molecule has 0 aliphatic rings. The van der Waals surface area contributed by atoms with Gasteiger partial charge in [-0.2, -0.15) is 10.4 Å². The summed E-state index contributed by atoms with van der Waals surface area (Å²) < 4.78 is 1.27. The third-order valence-corrected chi connectivity index (χ3v) is 3.14. The topological polar surface area (TPSA) is 91.8 Å². The molecular weight excluding hydrogens is 280 g/mol. The summed E-state index contributed by atoms with van der Waals surface area (Å²) in [6, 6.07) is 13.8. The molecule has 0 fully saturated rings. The van der Waals surface area contributed by atoms with Crippen LogP contribution in [0, 0.1) is 11.3 Å². The first kappa shape index (κ1) is 13.5. The highest BCUT2D eigenvalue weighted by Crippen LogP contribution is 2.22. The number of pyridine rings is 1. The lowest BCUT2D eigenvalue weighted by Gasteiger charge is -2.05. The molecular formula is C16H10N4O2. The Balaban J connectivity index is 2.22. The zero-order valence-corrected chi connectivity index (χ0v) is 11.3. The highest BCUT2D eigenvalue weighted by atomic mass is 16.4. The molecule has 3 rings (SSSR count). The molecule has 106 valence electrons. The Morgan fingerprint density at radius 1 is 1.23 bits per heavy atom. The van der Waals surface area contributed by atoms with E-state index in [2.05, 4.69) is 10.1 Å². The molecule has 6 nitrogen and oxygen atoms in total. The molecule has 2 heterocycles. The zero-order chi connectivity index (χ0) is 15.5. The Bertz CT molecular complexity index is 879. The molecule has 22 heavy (non-hydrogen) atoms. The van der Waals surface area contributed by atoms with E-state index in [-0.39, 0.29) is 5.69 Å². The first-order valence-electron chi connectivity index (χ1n) is 6.44. The fourth-order valence-electron chi connectivity index (χ4n) is 2.13. The van der Waals surface area contributed by atoms with Gasteiger partial charge in [0.05, 0.1) is 16.9 Å². The highest BCUT2D eigenvalue weighted by Gasteiger charge is 2.18. The van der Waals surface area contributed by atoms with Gasteiger partial charge in [0.15, 0.2) is 5.69 Å². The predicted molar refractivity (Wildman–Crippen MR) is 78.5 cm³/mol. The van der Waals surface area contributed by atoms with Crippen molar-refractivity contribution in [1.82, 2.24) is 14.8 Å². The van der Waals surface area contributed by atoms with Crippen LogP contribution in [0.5, 0.6) is 0 Å². The van der Waals surface area contributed by atoms with E-state index in [4.69, 9.17) is 0 Å². The van der Waals surface area contributed by atoms with Crippen LogP contribution in [0.1, 0.15) is 16.1 Å². The average molecular weight is 290 g/mol. The quantitative estimate of drug-likeness (QED) is 0.800. The Hall–Kier alpha value is -3.46. The Morgan fingerprint density at radius 3 is 2.73 bits per heavy atom. The van der Waals surface area contributed by atoms with E-state index in [1.54, 1.807) is 48.8 Å².